The maximum absolute atomic E-state index is 12.1. The molecule has 0 bridgehead atoms. The van der Waals surface area contributed by atoms with E-state index in [4.69, 9.17) is 4.74 Å². The average molecular weight is 253 g/mol. The smallest absolute Gasteiger partial charge is 0.340 e. The van der Waals surface area contributed by atoms with Crippen LogP contribution >= 0.6 is 0 Å². The van der Waals surface area contributed by atoms with Crippen LogP contribution in [0.4, 0.5) is 0 Å². The lowest BCUT2D eigenvalue weighted by Gasteiger charge is -2.35. The van der Waals surface area contributed by atoms with Crippen LogP contribution in [0, 0.1) is 0 Å². The number of esters is 1. The number of rotatable bonds is 2. The van der Waals surface area contributed by atoms with Gasteiger partial charge in [-0.1, -0.05) is 48.5 Å². The number of nitrogens with zero attached hydrogens (tertiary/aromatic N) is 1. The molecular formula is C16H15NO2. The Labute approximate surface area is 112 Å². The van der Waals surface area contributed by atoms with Gasteiger partial charge in [0.1, 0.15) is 0 Å². The summed E-state index contributed by atoms with van der Waals surface area (Å²) in [6, 6.07) is 17.4. The zero-order valence-electron chi connectivity index (χ0n) is 11.0. The Bertz CT molecular complexity index is 622. The summed E-state index contributed by atoms with van der Waals surface area (Å²) in [5.41, 5.74) is 1.67. The molecule has 2 aromatic rings. The van der Waals surface area contributed by atoms with Crippen molar-refractivity contribution in [3.8, 4) is 0 Å². The molecule has 96 valence electrons. The Balaban J connectivity index is 2.28. The van der Waals surface area contributed by atoms with Crippen molar-refractivity contribution in [1.82, 2.24) is 4.90 Å². The van der Waals surface area contributed by atoms with Crippen LogP contribution in [0.1, 0.15) is 21.5 Å². The van der Waals surface area contributed by atoms with Gasteiger partial charge in [-0.2, -0.15) is 0 Å². The molecule has 0 radical (unpaired) electrons. The fourth-order valence-electron chi connectivity index (χ4n) is 2.67. The number of benzene rings is 2. The molecule has 0 saturated heterocycles. The van der Waals surface area contributed by atoms with E-state index in [0.717, 1.165) is 11.1 Å². The summed E-state index contributed by atoms with van der Waals surface area (Å²) in [4.78, 5) is 14.0. The number of fused-ring (bicyclic) bond motifs is 1. The highest BCUT2D eigenvalue weighted by atomic mass is 16.6. The van der Waals surface area contributed by atoms with Gasteiger partial charge in [0.05, 0.1) is 5.56 Å². The van der Waals surface area contributed by atoms with Gasteiger partial charge in [0.15, 0.2) is 0 Å². The van der Waals surface area contributed by atoms with E-state index in [0.29, 0.717) is 5.56 Å². The number of cyclic esters (lactones) is 1. The van der Waals surface area contributed by atoms with E-state index in [-0.39, 0.29) is 5.97 Å². The molecule has 1 aliphatic rings. The maximum Gasteiger partial charge on any atom is 0.340 e. The van der Waals surface area contributed by atoms with Gasteiger partial charge in [-0.3, -0.25) is 4.90 Å². The molecule has 0 spiro atoms. The van der Waals surface area contributed by atoms with E-state index in [2.05, 4.69) is 0 Å². The first kappa shape index (κ1) is 11.9. The van der Waals surface area contributed by atoms with Crippen molar-refractivity contribution >= 4 is 5.97 Å². The lowest BCUT2D eigenvalue weighted by Crippen LogP contribution is -2.42. The van der Waals surface area contributed by atoms with E-state index in [9.17, 15) is 4.79 Å². The highest BCUT2D eigenvalue weighted by molar-refractivity contribution is 5.95. The normalized spacial score (nSPS) is 21.3. The topological polar surface area (TPSA) is 29.5 Å². The Morgan fingerprint density at radius 3 is 2.26 bits per heavy atom. The van der Waals surface area contributed by atoms with Crippen molar-refractivity contribution in [2.75, 3.05) is 14.1 Å². The average Bonchev–Trinajstić information content (AvgIpc) is 2.75. The van der Waals surface area contributed by atoms with Crippen LogP contribution in [-0.2, 0) is 10.5 Å². The van der Waals surface area contributed by atoms with Crippen molar-refractivity contribution in [2.45, 2.75) is 5.72 Å². The Kier molecular flexibility index (Phi) is 2.64. The molecule has 3 heteroatoms. The third kappa shape index (κ3) is 1.59. The van der Waals surface area contributed by atoms with Crippen LogP contribution in [0.25, 0.3) is 0 Å². The summed E-state index contributed by atoms with van der Waals surface area (Å²) in [7, 11) is 3.84. The lowest BCUT2D eigenvalue weighted by molar-refractivity contribution is -0.0620. The first-order valence-corrected chi connectivity index (χ1v) is 6.22. The lowest BCUT2D eigenvalue weighted by atomic mass is 9.92. The van der Waals surface area contributed by atoms with Crippen LogP contribution in [-0.4, -0.2) is 25.0 Å². The van der Waals surface area contributed by atoms with Crippen molar-refractivity contribution in [3.63, 3.8) is 0 Å². The van der Waals surface area contributed by atoms with Crippen molar-refractivity contribution in [2.24, 2.45) is 0 Å². The van der Waals surface area contributed by atoms with Crippen LogP contribution in [0.5, 0.6) is 0 Å². The molecule has 0 amide bonds. The van der Waals surface area contributed by atoms with Gasteiger partial charge in [-0.15, -0.1) is 0 Å². The molecule has 0 aromatic heterocycles. The predicted octanol–water partition coefficient (Wildman–Crippen LogP) is 2.62. The second-order valence-corrected chi connectivity index (χ2v) is 4.84. The minimum Gasteiger partial charge on any atom is -0.431 e. The van der Waals surface area contributed by atoms with Crippen LogP contribution in [0.2, 0.25) is 0 Å². The zero-order valence-corrected chi connectivity index (χ0v) is 11.0. The molecule has 0 fully saturated rings. The quantitative estimate of drug-likeness (QED) is 0.770. The van der Waals surface area contributed by atoms with Crippen molar-refractivity contribution < 1.29 is 9.53 Å². The number of ether oxygens (including phenoxy) is 1. The van der Waals surface area contributed by atoms with Gasteiger partial charge < -0.3 is 4.74 Å². The number of carbonyl (C=O) groups excluding carboxylic acids is 1. The van der Waals surface area contributed by atoms with E-state index < -0.39 is 5.72 Å². The summed E-state index contributed by atoms with van der Waals surface area (Å²) >= 11 is 0. The molecule has 2 aromatic carbocycles. The Morgan fingerprint density at radius 2 is 1.58 bits per heavy atom. The van der Waals surface area contributed by atoms with Crippen LogP contribution in [0.3, 0.4) is 0 Å². The van der Waals surface area contributed by atoms with E-state index in [1.165, 1.54) is 0 Å². The maximum atomic E-state index is 12.1. The third-order valence-corrected chi connectivity index (χ3v) is 3.55. The van der Waals surface area contributed by atoms with Gasteiger partial charge >= 0.3 is 5.97 Å². The Morgan fingerprint density at radius 1 is 0.947 bits per heavy atom. The molecule has 3 nitrogen and oxygen atoms in total. The number of hydrogen-bond donors (Lipinski definition) is 0. The number of hydrogen-bond acceptors (Lipinski definition) is 3. The van der Waals surface area contributed by atoms with Crippen LogP contribution < -0.4 is 0 Å². The zero-order chi connectivity index (χ0) is 13.5. The summed E-state index contributed by atoms with van der Waals surface area (Å²) in [6.45, 7) is 0. The monoisotopic (exact) mass is 253 g/mol. The fraction of sp³-hybridized carbons (Fsp3) is 0.188. The van der Waals surface area contributed by atoms with Gasteiger partial charge in [0.2, 0.25) is 5.72 Å². The first-order valence-electron chi connectivity index (χ1n) is 6.22. The predicted molar refractivity (Wildman–Crippen MR) is 72.8 cm³/mol. The van der Waals surface area contributed by atoms with Gasteiger partial charge in [-0.05, 0) is 20.2 Å². The highest BCUT2D eigenvalue weighted by Gasteiger charge is 2.48. The van der Waals surface area contributed by atoms with E-state index in [1.807, 2.05) is 73.6 Å². The molecule has 3 rings (SSSR count). The molecular weight excluding hydrogens is 238 g/mol. The minimum atomic E-state index is -0.824. The third-order valence-electron chi connectivity index (χ3n) is 3.55. The molecule has 0 N–H and O–H groups in total. The van der Waals surface area contributed by atoms with Crippen molar-refractivity contribution in [3.05, 3.63) is 71.3 Å². The number of carbonyl (C=O) groups is 1. The summed E-state index contributed by atoms with van der Waals surface area (Å²) in [6.07, 6.45) is 0. The second-order valence-electron chi connectivity index (χ2n) is 4.84. The summed E-state index contributed by atoms with van der Waals surface area (Å²) < 4.78 is 5.75. The minimum absolute atomic E-state index is 0.270. The van der Waals surface area contributed by atoms with Crippen LogP contribution in [0.15, 0.2) is 54.6 Å². The Hall–Kier alpha value is -2.13. The highest BCUT2D eigenvalue weighted by Crippen LogP contribution is 2.42. The molecule has 1 aliphatic heterocycles. The molecule has 1 atom stereocenters. The molecule has 1 heterocycles. The second kappa shape index (κ2) is 4.21. The molecule has 0 saturated carbocycles. The van der Waals surface area contributed by atoms with Gasteiger partial charge in [0, 0.05) is 11.1 Å². The fourth-order valence-corrected chi connectivity index (χ4v) is 2.67. The summed E-state index contributed by atoms with van der Waals surface area (Å²) in [5, 5.41) is 0. The van der Waals surface area contributed by atoms with Crippen molar-refractivity contribution in [1.29, 1.82) is 0 Å². The molecule has 19 heavy (non-hydrogen) atoms. The largest absolute Gasteiger partial charge is 0.431 e. The first-order chi connectivity index (χ1) is 9.16. The molecule has 0 aliphatic carbocycles. The van der Waals surface area contributed by atoms with Gasteiger partial charge in [-0.25, -0.2) is 4.79 Å². The summed E-state index contributed by atoms with van der Waals surface area (Å²) in [5.74, 6) is -0.270. The SMILES string of the molecule is CN(C)C1(c2ccccc2)OC(=O)c2ccccc21. The standard InChI is InChI=1S/C16H15NO2/c1-17(2)16(12-8-4-3-5-9-12)14-11-7-6-10-13(14)15(18)19-16/h3-11H,1-2H3. The van der Waals surface area contributed by atoms with E-state index >= 15 is 0 Å². The van der Waals surface area contributed by atoms with E-state index in [1.54, 1.807) is 0 Å². The molecule has 1 unspecified atom stereocenters. The van der Waals surface area contributed by atoms with Gasteiger partial charge in [0.25, 0.3) is 0 Å².